The van der Waals surface area contributed by atoms with Crippen LogP contribution < -0.4 is 5.73 Å². The quantitative estimate of drug-likeness (QED) is 0.621. The lowest BCUT2D eigenvalue weighted by Crippen LogP contribution is -2.48. The van der Waals surface area contributed by atoms with E-state index in [4.69, 9.17) is 5.73 Å². The molecule has 1 rings (SSSR count). The van der Waals surface area contributed by atoms with E-state index in [9.17, 15) is 13.2 Å². The minimum atomic E-state index is -3.07. The van der Waals surface area contributed by atoms with Crippen LogP contribution in [0.4, 0.5) is 13.2 Å². The fourth-order valence-electron chi connectivity index (χ4n) is 0.864. The summed E-state index contributed by atoms with van der Waals surface area (Å²) in [5, 5.41) is 0. The van der Waals surface area contributed by atoms with Gasteiger partial charge in [0.15, 0.2) is 0 Å². The summed E-state index contributed by atoms with van der Waals surface area (Å²) in [5.74, 6) is 0. The second kappa shape index (κ2) is 2.70. The Hall–Kier alpha value is -0.770. The number of alkyl halides is 3. The summed E-state index contributed by atoms with van der Waals surface area (Å²) in [5.41, 5.74) is 2.44. The molecule has 1 nitrogen and oxygen atoms in total. The third-order valence-electron chi connectivity index (χ3n) is 1.63. The van der Waals surface area contributed by atoms with Crippen molar-refractivity contribution in [1.29, 1.82) is 0 Å². The summed E-state index contributed by atoms with van der Waals surface area (Å²) < 4.78 is 37.1. The van der Waals surface area contributed by atoms with Crippen molar-refractivity contribution >= 4 is 0 Å². The molecule has 0 aromatic carbocycles. The molecule has 1 aliphatic carbocycles. The van der Waals surface area contributed by atoms with E-state index in [-0.39, 0.29) is 0 Å². The van der Waals surface area contributed by atoms with E-state index >= 15 is 0 Å². The third kappa shape index (κ3) is 1.30. The fraction of sp³-hybridized carbons (Fsp3) is 0.429. The van der Waals surface area contributed by atoms with Crippen molar-refractivity contribution in [2.45, 2.75) is 18.1 Å². The molecule has 0 heterocycles. The number of hydrogen-bond acceptors (Lipinski definition) is 1. The van der Waals surface area contributed by atoms with E-state index in [0.717, 1.165) is 6.08 Å². The molecule has 0 saturated heterocycles. The van der Waals surface area contributed by atoms with Gasteiger partial charge in [-0.05, 0) is 6.08 Å². The van der Waals surface area contributed by atoms with Crippen LogP contribution in [0.2, 0.25) is 0 Å². The molecule has 4 heteroatoms. The first-order valence-electron chi connectivity index (χ1n) is 3.16. The topological polar surface area (TPSA) is 26.0 Å². The molecule has 11 heavy (non-hydrogen) atoms. The molecule has 0 aromatic rings. The van der Waals surface area contributed by atoms with Crippen LogP contribution in [0.25, 0.3) is 0 Å². The highest BCUT2D eigenvalue weighted by molar-refractivity contribution is 5.25. The number of hydrogen-bond donors (Lipinski definition) is 1. The molecule has 2 unspecified atom stereocenters. The van der Waals surface area contributed by atoms with E-state index < -0.39 is 18.1 Å². The van der Waals surface area contributed by atoms with Crippen LogP contribution in [0, 0.1) is 0 Å². The molecule has 0 amide bonds. The van der Waals surface area contributed by atoms with Crippen LogP contribution in [0.5, 0.6) is 0 Å². The predicted octanol–water partition coefficient (Wildman–Crippen LogP) is 1.41. The van der Waals surface area contributed by atoms with Gasteiger partial charge in [-0.3, -0.25) is 0 Å². The Kier molecular flexibility index (Phi) is 2.04. The fourth-order valence-corrected chi connectivity index (χ4v) is 0.864. The number of nitrogens with two attached hydrogens (primary N) is 1. The summed E-state index contributed by atoms with van der Waals surface area (Å²) in [6, 6.07) is -1.24. The van der Waals surface area contributed by atoms with Gasteiger partial charge in [0.25, 0.3) is 6.43 Å². The van der Waals surface area contributed by atoms with Gasteiger partial charge in [0.2, 0.25) is 5.67 Å². The summed E-state index contributed by atoms with van der Waals surface area (Å²) >= 11 is 0. The zero-order valence-electron chi connectivity index (χ0n) is 5.68. The molecule has 0 saturated carbocycles. The van der Waals surface area contributed by atoms with E-state index in [1.54, 1.807) is 0 Å². The highest BCUT2D eigenvalue weighted by Gasteiger charge is 2.43. The van der Waals surface area contributed by atoms with E-state index in [2.05, 4.69) is 0 Å². The van der Waals surface area contributed by atoms with Gasteiger partial charge >= 0.3 is 0 Å². The molecule has 1 aliphatic rings. The van der Waals surface area contributed by atoms with Crippen LogP contribution in [-0.2, 0) is 0 Å². The monoisotopic (exact) mass is 163 g/mol. The van der Waals surface area contributed by atoms with Crippen molar-refractivity contribution in [2.24, 2.45) is 5.73 Å². The van der Waals surface area contributed by atoms with Crippen molar-refractivity contribution in [3.63, 3.8) is 0 Å². The SMILES string of the molecule is NC1C=CC=CC1(F)C(F)F. The van der Waals surface area contributed by atoms with Crippen LogP contribution in [0.1, 0.15) is 0 Å². The van der Waals surface area contributed by atoms with Crippen LogP contribution in [0.3, 0.4) is 0 Å². The minimum Gasteiger partial charge on any atom is -0.321 e. The van der Waals surface area contributed by atoms with Crippen LogP contribution >= 0.6 is 0 Å². The molecule has 0 fully saturated rings. The van der Waals surface area contributed by atoms with Crippen LogP contribution in [0.15, 0.2) is 24.3 Å². The highest BCUT2D eigenvalue weighted by atomic mass is 19.3. The summed E-state index contributed by atoms with van der Waals surface area (Å²) in [7, 11) is 0. The van der Waals surface area contributed by atoms with Crippen molar-refractivity contribution in [2.75, 3.05) is 0 Å². The van der Waals surface area contributed by atoms with Crippen LogP contribution in [-0.4, -0.2) is 18.1 Å². The Morgan fingerprint density at radius 2 is 2.00 bits per heavy atom. The zero-order valence-corrected chi connectivity index (χ0v) is 5.68. The minimum absolute atomic E-state index is 0.794. The maximum atomic E-state index is 13.1. The Balaban J connectivity index is 2.85. The van der Waals surface area contributed by atoms with E-state index in [1.165, 1.54) is 18.2 Å². The second-order valence-corrected chi connectivity index (χ2v) is 2.40. The lowest BCUT2D eigenvalue weighted by atomic mass is 9.93. The van der Waals surface area contributed by atoms with Crippen molar-refractivity contribution in [3.05, 3.63) is 24.3 Å². The van der Waals surface area contributed by atoms with E-state index in [0.29, 0.717) is 0 Å². The predicted molar refractivity (Wildman–Crippen MR) is 36.1 cm³/mol. The maximum absolute atomic E-state index is 13.1. The Labute approximate surface area is 62.4 Å². The third-order valence-corrected chi connectivity index (χ3v) is 1.63. The first kappa shape index (κ1) is 8.33. The van der Waals surface area contributed by atoms with Crippen molar-refractivity contribution in [3.8, 4) is 0 Å². The summed E-state index contributed by atoms with van der Waals surface area (Å²) in [6.07, 6.45) is 1.62. The smallest absolute Gasteiger partial charge is 0.277 e. The first-order valence-corrected chi connectivity index (χ1v) is 3.16. The van der Waals surface area contributed by atoms with Gasteiger partial charge in [-0.1, -0.05) is 18.2 Å². The number of halogens is 3. The molecular formula is C7H8F3N. The van der Waals surface area contributed by atoms with Crippen molar-refractivity contribution in [1.82, 2.24) is 0 Å². The van der Waals surface area contributed by atoms with Gasteiger partial charge < -0.3 is 5.73 Å². The lowest BCUT2D eigenvalue weighted by Gasteiger charge is -2.26. The Morgan fingerprint density at radius 3 is 2.36 bits per heavy atom. The van der Waals surface area contributed by atoms with E-state index in [1.807, 2.05) is 0 Å². The largest absolute Gasteiger partial charge is 0.321 e. The normalized spacial score (nSPS) is 36.6. The Morgan fingerprint density at radius 1 is 1.36 bits per heavy atom. The average molecular weight is 163 g/mol. The second-order valence-electron chi connectivity index (χ2n) is 2.40. The van der Waals surface area contributed by atoms with Gasteiger partial charge in [0, 0.05) is 0 Å². The van der Waals surface area contributed by atoms with Gasteiger partial charge in [-0.15, -0.1) is 0 Å². The maximum Gasteiger partial charge on any atom is 0.277 e. The van der Waals surface area contributed by atoms with Gasteiger partial charge in [-0.25, -0.2) is 13.2 Å². The number of rotatable bonds is 1. The molecular weight excluding hydrogens is 155 g/mol. The first-order chi connectivity index (χ1) is 5.07. The molecule has 0 aromatic heterocycles. The molecule has 0 bridgehead atoms. The summed E-state index contributed by atoms with van der Waals surface area (Å²) in [4.78, 5) is 0. The Bertz CT molecular complexity index is 200. The van der Waals surface area contributed by atoms with Gasteiger partial charge in [-0.2, -0.15) is 0 Å². The molecule has 2 atom stereocenters. The lowest BCUT2D eigenvalue weighted by molar-refractivity contribution is -0.00970. The van der Waals surface area contributed by atoms with Gasteiger partial charge in [0.05, 0.1) is 6.04 Å². The zero-order chi connectivity index (χ0) is 8.48. The van der Waals surface area contributed by atoms with Gasteiger partial charge in [0.1, 0.15) is 0 Å². The average Bonchev–Trinajstić information content (AvgIpc) is 1.95. The molecule has 2 N–H and O–H groups in total. The highest BCUT2D eigenvalue weighted by Crippen LogP contribution is 2.28. The standard InChI is InChI=1S/C7H8F3N/c8-6(9)7(10)4-2-1-3-5(7)11/h1-6H,11H2. The molecule has 62 valence electrons. The van der Waals surface area contributed by atoms with Crippen molar-refractivity contribution < 1.29 is 13.2 Å². The molecule has 0 spiro atoms. The molecule has 0 aliphatic heterocycles. The number of allylic oxidation sites excluding steroid dienone is 2. The summed E-state index contributed by atoms with van der Waals surface area (Å²) in [6.45, 7) is 0. The molecule has 0 radical (unpaired) electrons.